The molecule has 0 aromatic carbocycles. The summed E-state index contributed by atoms with van der Waals surface area (Å²) in [6, 6.07) is 2.95. The molecule has 1 N–H and O–H groups in total. The van der Waals surface area contributed by atoms with E-state index >= 15 is 0 Å². The summed E-state index contributed by atoms with van der Waals surface area (Å²) in [6.07, 6.45) is 9.46. The lowest BCUT2D eigenvalue weighted by molar-refractivity contribution is 0.196. The summed E-state index contributed by atoms with van der Waals surface area (Å²) in [6.45, 7) is 7.19. The highest BCUT2D eigenvalue weighted by molar-refractivity contribution is 5.20. The second-order valence-corrected chi connectivity index (χ2v) is 6.56. The van der Waals surface area contributed by atoms with E-state index in [1.54, 1.807) is 0 Å². The van der Waals surface area contributed by atoms with Gasteiger partial charge in [-0.2, -0.15) is 0 Å². The smallest absolute Gasteiger partial charge is 0.120 e. The summed E-state index contributed by atoms with van der Waals surface area (Å²) in [4.78, 5) is 2.49. The fourth-order valence-electron chi connectivity index (χ4n) is 3.30. The maximum absolute atomic E-state index is 6.05. The monoisotopic (exact) mass is 292 g/mol. The Kier molecular flexibility index (Phi) is 6.78. The minimum Gasteiger partial charge on any atom is -0.463 e. The number of aryl methyl sites for hydroxylation is 1. The van der Waals surface area contributed by atoms with E-state index < -0.39 is 0 Å². The van der Waals surface area contributed by atoms with Gasteiger partial charge in [0.25, 0.3) is 0 Å². The highest BCUT2D eigenvalue weighted by atomic mass is 16.3. The molecule has 1 saturated carbocycles. The lowest BCUT2D eigenvalue weighted by Crippen LogP contribution is -2.30. The molecule has 0 amide bonds. The van der Waals surface area contributed by atoms with E-state index in [4.69, 9.17) is 4.42 Å². The first kappa shape index (κ1) is 16.6. The average Bonchev–Trinajstić information content (AvgIpc) is 2.69. The van der Waals surface area contributed by atoms with Crippen LogP contribution in [0, 0.1) is 6.92 Å². The molecule has 0 spiro atoms. The normalized spacial score (nSPS) is 17.3. The van der Waals surface area contributed by atoms with Crippen molar-refractivity contribution in [2.24, 2.45) is 0 Å². The van der Waals surface area contributed by atoms with Gasteiger partial charge in [0.05, 0.1) is 13.1 Å². The van der Waals surface area contributed by atoms with Crippen LogP contribution < -0.4 is 5.32 Å². The SMILES string of the molecule is CCCNCc1oc(CN(C)C2CCCCCC2)cc1C. The number of furan rings is 1. The number of nitrogens with one attached hydrogen (secondary N) is 1. The van der Waals surface area contributed by atoms with Crippen molar-refractivity contribution in [3.8, 4) is 0 Å². The first-order valence-corrected chi connectivity index (χ1v) is 8.70. The Morgan fingerprint density at radius 1 is 1.24 bits per heavy atom. The highest BCUT2D eigenvalue weighted by Gasteiger charge is 2.18. The standard InChI is InChI=1S/C18H32N2O/c1-4-11-19-13-18-15(2)12-17(21-18)14-20(3)16-9-7-5-6-8-10-16/h12,16,19H,4-11,13-14H2,1-3H3. The molecule has 3 heteroatoms. The van der Waals surface area contributed by atoms with Crippen molar-refractivity contribution in [2.75, 3.05) is 13.6 Å². The third-order valence-electron chi connectivity index (χ3n) is 4.64. The molecule has 120 valence electrons. The van der Waals surface area contributed by atoms with Crippen molar-refractivity contribution in [2.45, 2.75) is 77.9 Å². The average molecular weight is 292 g/mol. The molecule has 0 radical (unpaired) electrons. The fraction of sp³-hybridized carbons (Fsp3) is 0.778. The molecule has 1 aromatic rings. The first-order chi connectivity index (χ1) is 10.2. The van der Waals surface area contributed by atoms with Gasteiger partial charge in [-0.15, -0.1) is 0 Å². The van der Waals surface area contributed by atoms with E-state index in [1.165, 1.54) is 44.1 Å². The maximum atomic E-state index is 6.05. The molecule has 0 atom stereocenters. The number of hydrogen-bond donors (Lipinski definition) is 1. The topological polar surface area (TPSA) is 28.4 Å². The summed E-state index contributed by atoms with van der Waals surface area (Å²) >= 11 is 0. The maximum Gasteiger partial charge on any atom is 0.120 e. The van der Waals surface area contributed by atoms with Crippen LogP contribution in [0.5, 0.6) is 0 Å². The van der Waals surface area contributed by atoms with Gasteiger partial charge in [-0.05, 0) is 51.4 Å². The van der Waals surface area contributed by atoms with Gasteiger partial charge in [-0.3, -0.25) is 4.90 Å². The van der Waals surface area contributed by atoms with Crippen LogP contribution in [0.25, 0.3) is 0 Å². The van der Waals surface area contributed by atoms with Gasteiger partial charge < -0.3 is 9.73 Å². The second kappa shape index (κ2) is 8.60. The van der Waals surface area contributed by atoms with Crippen molar-refractivity contribution in [3.05, 3.63) is 23.2 Å². The van der Waals surface area contributed by atoms with Crippen LogP contribution in [0.15, 0.2) is 10.5 Å². The van der Waals surface area contributed by atoms with Gasteiger partial charge in [0.2, 0.25) is 0 Å². The molecule has 1 aliphatic rings. The molecule has 0 aliphatic heterocycles. The molecule has 0 unspecified atom stereocenters. The Balaban J connectivity index is 1.87. The Morgan fingerprint density at radius 3 is 2.62 bits per heavy atom. The van der Waals surface area contributed by atoms with Crippen molar-refractivity contribution >= 4 is 0 Å². The number of nitrogens with zero attached hydrogens (tertiary/aromatic N) is 1. The van der Waals surface area contributed by atoms with E-state index in [-0.39, 0.29) is 0 Å². The summed E-state index contributed by atoms with van der Waals surface area (Å²) in [5.74, 6) is 2.22. The largest absolute Gasteiger partial charge is 0.463 e. The van der Waals surface area contributed by atoms with Crippen molar-refractivity contribution in [1.82, 2.24) is 10.2 Å². The van der Waals surface area contributed by atoms with Crippen LogP contribution >= 0.6 is 0 Å². The minimum absolute atomic E-state index is 0.736. The predicted octanol–water partition coefficient (Wildman–Crippen LogP) is 4.24. The summed E-state index contributed by atoms with van der Waals surface area (Å²) < 4.78 is 6.05. The molecule has 0 saturated heterocycles. The van der Waals surface area contributed by atoms with Crippen molar-refractivity contribution < 1.29 is 4.42 Å². The molecular formula is C18H32N2O. The van der Waals surface area contributed by atoms with Gasteiger partial charge in [0.1, 0.15) is 11.5 Å². The molecule has 0 bridgehead atoms. The van der Waals surface area contributed by atoms with E-state index in [0.29, 0.717) is 0 Å². The molecule has 1 aliphatic carbocycles. The lowest BCUT2D eigenvalue weighted by Gasteiger charge is -2.26. The van der Waals surface area contributed by atoms with E-state index in [1.807, 2.05) is 0 Å². The van der Waals surface area contributed by atoms with Crippen LogP contribution in [0.2, 0.25) is 0 Å². The van der Waals surface area contributed by atoms with E-state index in [0.717, 1.165) is 43.6 Å². The zero-order valence-corrected chi connectivity index (χ0v) is 14.1. The zero-order chi connectivity index (χ0) is 15.1. The molecule has 2 rings (SSSR count). The quantitative estimate of drug-likeness (QED) is 0.602. The Bertz CT molecular complexity index is 405. The van der Waals surface area contributed by atoms with E-state index in [9.17, 15) is 0 Å². The van der Waals surface area contributed by atoms with E-state index in [2.05, 4.69) is 37.2 Å². The van der Waals surface area contributed by atoms with Crippen LogP contribution in [0.3, 0.4) is 0 Å². The predicted molar refractivity (Wildman–Crippen MR) is 88.4 cm³/mol. The summed E-state index contributed by atoms with van der Waals surface area (Å²) in [5, 5.41) is 3.42. The third-order valence-corrected chi connectivity index (χ3v) is 4.64. The second-order valence-electron chi connectivity index (χ2n) is 6.56. The summed E-state index contributed by atoms with van der Waals surface area (Å²) in [7, 11) is 2.25. The molecular weight excluding hydrogens is 260 g/mol. The first-order valence-electron chi connectivity index (χ1n) is 8.70. The molecule has 1 fully saturated rings. The minimum atomic E-state index is 0.736. The summed E-state index contributed by atoms with van der Waals surface area (Å²) in [5.41, 5.74) is 1.28. The van der Waals surface area contributed by atoms with Crippen molar-refractivity contribution in [1.29, 1.82) is 0 Å². The fourth-order valence-corrected chi connectivity index (χ4v) is 3.30. The van der Waals surface area contributed by atoms with Crippen LogP contribution in [0.4, 0.5) is 0 Å². The van der Waals surface area contributed by atoms with Gasteiger partial charge in [0, 0.05) is 6.04 Å². The lowest BCUT2D eigenvalue weighted by atomic mass is 10.1. The highest BCUT2D eigenvalue weighted by Crippen LogP contribution is 2.23. The zero-order valence-electron chi connectivity index (χ0n) is 14.1. The number of rotatable bonds is 7. The van der Waals surface area contributed by atoms with Gasteiger partial charge in [0.15, 0.2) is 0 Å². The van der Waals surface area contributed by atoms with Crippen LogP contribution in [-0.4, -0.2) is 24.5 Å². The number of hydrogen-bond acceptors (Lipinski definition) is 3. The third kappa shape index (κ3) is 5.15. The Labute approximate surface area is 130 Å². The Hall–Kier alpha value is -0.800. The molecule has 21 heavy (non-hydrogen) atoms. The van der Waals surface area contributed by atoms with Gasteiger partial charge >= 0.3 is 0 Å². The van der Waals surface area contributed by atoms with Gasteiger partial charge in [-0.1, -0.05) is 32.6 Å². The van der Waals surface area contributed by atoms with Crippen LogP contribution in [-0.2, 0) is 13.1 Å². The molecule has 1 heterocycles. The molecule has 1 aromatic heterocycles. The molecule has 3 nitrogen and oxygen atoms in total. The van der Waals surface area contributed by atoms with Crippen LogP contribution in [0.1, 0.15) is 69.0 Å². The Morgan fingerprint density at radius 2 is 1.95 bits per heavy atom. The van der Waals surface area contributed by atoms with Crippen molar-refractivity contribution in [3.63, 3.8) is 0 Å². The van der Waals surface area contributed by atoms with Gasteiger partial charge in [-0.25, -0.2) is 0 Å².